The monoisotopic (exact) mass is 1310 g/mol. The van der Waals surface area contributed by atoms with Crippen LogP contribution in [0.2, 0.25) is 0 Å². The van der Waals surface area contributed by atoms with Gasteiger partial charge >= 0.3 is 0 Å². The second-order valence-electron chi connectivity index (χ2n) is 25.6. The van der Waals surface area contributed by atoms with E-state index in [0.29, 0.717) is 0 Å². The van der Waals surface area contributed by atoms with Gasteiger partial charge in [-0.2, -0.15) is 0 Å². The van der Waals surface area contributed by atoms with Crippen LogP contribution in [0.3, 0.4) is 0 Å². The molecule has 13 rings (SSSR count). The molecule has 13 aromatic rings. The fourth-order valence-electron chi connectivity index (χ4n) is 13.0. The van der Waals surface area contributed by atoms with Crippen molar-refractivity contribution in [1.82, 2.24) is 0 Å². The fraction of sp³-hybridized carbons (Fsp3) is 0.0600. The van der Waals surface area contributed by atoms with Crippen molar-refractivity contribution in [3.05, 3.63) is 452 Å². The maximum Gasteiger partial charge on any atom is 0.0522 e. The fourth-order valence-corrected chi connectivity index (χ4v) is 13.0. The Labute approximate surface area is 604 Å². The molecule has 494 valence electrons. The average Bonchev–Trinajstić information content (AvgIpc) is 0.789. The Kier molecular flexibility index (Phi) is 22.5. The number of hydrogen-bond donors (Lipinski definition) is 0. The lowest BCUT2D eigenvalue weighted by atomic mass is 9.97. The number of hydrogen-bond acceptors (Lipinski definition) is 2. The summed E-state index contributed by atoms with van der Waals surface area (Å²) in [5.74, 6) is 0. The number of aryl methyl sites for hydroxylation is 4. The summed E-state index contributed by atoms with van der Waals surface area (Å²) in [7, 11) is 0. The second kappa shape index (κ2) is 33.8. The van der Waals surface area contributed by atoms with Gasteiger partial charge in [-0.15, -0.1) is 0 Å². The Morgan fingerprint density at radius 2 is 0.431 bits per heavy atom. The topological polar surface area (TPSA) is 6.48 Å². The van der Waals surface area contributed by atoms with Crippen LogP contribution >= 0.6 is 0 Å². The molecular weight excluding hydrogens is 1230 g/mol. The van der Waals surface area contributed by atoms with E-state index in [1.165, 1.54) is 67.0 Å². The van der Waals surface area contributed by atoms with Crippen molar-refractivity contribution in [1.29, 1.82) is 0 Å². The molecule has 0 aliphatic carbocycles. The normalized spacial score (nSPS) is 11.6. The molecule has 0 spiro atoms. The zero-order chi connectivity index (χ0) is 69.7. The Morgan fingerprint density at radius 3 is 0.647 bits per heavy atom. The highest BCUT2D eigenvalue weighted by Crippen LogP contribution is 2.42. The van der Waals surface area contributed by atoms with Crippen molar-refractivity contribution in [3.8, 4) is 0 Å². The lowest BCUT2D eigenvalue weighted by Crippen LogP contribution is -2.13. The first-order chi connectivity index (χ1) is 50.3. The van der Waals surface area contributed by atoms with Gasteiger partial charge in [0.2, 0.25) is 0 Å². The van der Waals surface area contributed by atoms with E-state index in [9.17, 15) is 0 Å². The maximum absolute atomic E-state index is 2.41. The first-order valence-corrected chi connectivity index (χ1v) is 35.5. The number of anilines is 6. The van der Waals surface area contributed by atoms with Crippen molar-refractivity contribution in [3.63, 3.8) is 0 Å². The second-order valence-corrected chi connectivity index (χ2v) is 25.6. The van der Waals surface area contributed by atoms with E-state index in [1.807, 2.05) is 0 Å². The van der Waals surface area contributed by atoms with E-state index in [-0.39, 0.29) is 0 Å². The van der Waals surface area contributed by atoms with E-state index >= 15 is 0 Å². The SMILES string of the molecule is CCc1cccc(C)c1N(c1ccc(/C=C/c2ccc(/C=C/C=C(c3ccccc3)c3ccccc3)cc2)cc1)c1ccc(/C=C/c2ccc(/C=C/c3ccc(N(c4ccc(/C=C/c5ccc(/C=C/C=C(c6ccccc6)c6ccccc6)cc5)cc4)c4c(C)cccc4CC)cc3)cc2)cc1. The summed E-state index contributed by atoms with van der Waals surface area (Å²) in [5, 5.41) is 0. The molecule has 2 nitrogen and oxygen atoms in total. The van der Waals surface area contributed by atoms with Crippen LogP contribution in [-0.2, 0) is 12.8 Å². The van der Waals surface area contributed by atoms with Crippen LogP contribution in [0.1, 0.15) is 114 Å². The third-order valence-electron chi connectivity index (χ3n) is 18.6. The molecule has 0 N–H and O–H groups in total. The minimum atomic E-state index is 0.929. The molecule has 0 unspecified atom stereocenters. The summed E-state index contributed by atoms with van der Waals surface area (Å²) in [4.78, 5) is 4.82. The van der Waals surface area contributed by atoms with E-state index < -0.39 is 0 Å². The average molecular weight is 1310 g/mol. The molecule has 0 amide bonds. The van der Waals surface area contributed by atoms with Crippen LogP contribution < -0.4 is 9.80 Å². The van der Waals surface area contributed by atoms with Gasteiger partial charge in [0.15, 0.2) is 0 Å². The van der Waals surface area contributed by atoms with Crippen LogP contribution in [-0.4, -0.2) is 0 Å². The van der Waals surface area contributed by atoms with E-state index in [0.717, 1.165) is 91.2 Å². The van der Waals surface area contributed by atoms with Crippen LogP contribution in [0.5, 0.6) is 0 Å². The van der Waals surface area contributed by atoms with Gasteiger partial charge in [0.25, 0.3) is 0 Å². The standard InChI is InChI=1S/C100H84N2/c1-5-87-35-19-23-75(3)99(87)101(93-67-59-83(60-68-93)55-51-79-43-39-77(40-44-79)25-21-37-97(89-27-11-7-12-28-89)90-29-13-8-14-30-90)95-71-63-85(64-72-95)57-53-81-47-49-82(50-48-81)54-58-86-65-73-96(74-66-86)102(100-76(4)24-20-36-88(100)6-2)94-69-61-84(62-70-94)56-52-80-45-41-78(42-46-80)26-22-38-98(91-31-15-9-16-32-91)92-33-17-10-18-34-92/h7-74H,5-6H2,1-4H3/b25-21+,26-22+,55-51+,56-52+,57-53+,58-54+. The molecule has 0 saturated carbocycles. The van der Waals surface area contributed by atoms with Crippen LogP contribution in [0.4, 0.5) is 34.1 Å². The van der Waals surface area contributed by atoms with Crippen molar-refractivity contribution in [2.75, 3.05) is 9.80 Å². The predicted molar refractivity (Wildman–Crippen MR) is 444 cm³/mol. The highest BCUT2D eigenvalue weighted by molar-refractivity contribution is 5.87. The van der Waals surface area contributed by atoms with Crippen LogP contribution in [0.15, 0.2) is 352 Å². The number of allylic oxidation sites excluding steroid dienone is 4. The number of benzene rings is 13. The van der Waals surface area contributed by atoms with Gasteiger partial charge in [0, 0.05) is 22.7 Å². The Hall–Kier alpha value is -12.6. The van der Waals surface area contributed by atoms with Crippen LogP contribution in [0.25, 0.3) is 71.9 Å². The van der Waals surface area contributed by atoms with Gasteiger partial charge in [-0.05, 0) is 187 Å². The van der Waals surface area contributed by atoms with Crippen molar-refractivity contribution in [2.24, 2.45) is 0 Å². The van der Waals surface area contributed by atoms with E-state index in [2.05, 4.69) is 450 Å². The Bertz CT molecular complexity index is 4720. The zero-order valence-electron chi connectivity index (χ0n) is 58.6. The largest absolute Gasteiger partial charge is 0.310 e. The molecule has 0 saturated heterocycles. The molecule has 0 radical (unpaired) electrons. The zero-order valence-corrected chi connectivity index (χ0v) is 58.6. The molecule has 0 fully saturated rings. The van der Waals surface area contributed by atoms with Crippen molar-refractivity contribution >= 4 is 106 Å². The minimum absolute atomic E-state index is 0.929. The minimum Gasteiger partial charge on any atom is -0.310 e. The maximum atomic E-state index is 2.41. The van der Waals surface area contributed by atoms with Gasteiger partial charge in [0.1, 0.15) is 0 Å². The third kappa shape index (κ3) is 17.4. The first kappa shape index (κ1) is 67.9. The summed E-state index contributed by atoms with van der Waals surface area (Å²) < 4.78 is 0. The number of nitrogens with zero attached hydrogens (tertiary/aromatic N) is 2. The van der Waals surface area contributed by atoms with E-state index in [1.54, 1.807) is 0 Å². The smallest absolute Gasteiger partial charge is 0.0522 e. The van der Waals surface area contributed by atoms with Gasteiger partial charge in [-0.25, -0.2) is 0 Å². The molecule has 0 heterocycles. The molecule has 2 heteroatoms. The highest BCUT2D eigenvalue weighted by Gasteiger charge is 2.20. The summed E-state index contributed by atoms with van der Waals surface area (Å²) in [6.45, 7) is 8.92. The van der Waals surface area contributed by atoms with Gasteiger partial charge < -0.3 is 9.80 Å². The molecule has 13 aromatic carbocycles. The molecule has 0 atom stereocenters. The van der Waals surface area contributed by atoms with Crippen LogP contribution in [0, 0.1) is 13.8 Å². The highest BCUT2D eigenvalue weighted by atomic mass is 15.2. The van der Waals surface area contributed by atoms with Gasteiger partial charge in [-0.3, -0.25) is 0 Å². The molecule has 102 heavy (non-hydrogen) atoms. The molecule has 0 aliphatic heterocycles. The van der Waals surface area contributed by atoms with Gasteiger partial charge in [0.05, 0.1) is 11.4 Å². The molecule has 0 bridgehead atoms. The Balaban J connectivity index is 0.643. The summed E-state index contributed by atoms with van der Waals surface area (Å²) in [6.07, 6.45) is 32.5. The third-order valence-corrected chi connectivity index (χ3v) is 18.6. The quantitative estimate of drug-likeness (QED) is 0.0439. The summed E-state index contributed by atoms with van der Waals surface area (Å²) in [6, 6.07) is 117. The lowest BCUT2D eigenvalue weighted by Gasteiger charge is -2.29. The Morgan fingerprint density at radius 1 is 0.225 bits per heavy atom. The molecule has 0 aliphatic rings. The predicted octanol–water partition coefficient (Wildman–Crippen LogP) is 27.3. The van der Waals surface area contributed by atoms with Gasteiger partial charge in [-0.1, -0.05) is 378 Å². The molecular formula is C100H84N2. The van der Waals surface area contributed by atoms with Crippen molar-refractivity contribution < 1.29 is 0 Å². The lowest BCUT2D eigenvalue weighted by molar-refractivity contribution is 1.10. The molecule has 0 aromatic heterocycles. The van der Waals surface area contributed by atoms with E-state index in [4.69, 9.17) is 0 Å². The number of rotatable bonds is 24. The summed E-state index contributed by atoms with van der Waals surface area (Å²) >= 11 is 0. The van der Waals surface area contributed by atoms with Crippen molar-refractivity contribution in [2.45, 2.75) is 40.5 Å². The summed E-state index contributed by atoms with van der Waals surface area (Å²) in [5.41, 5.74) is 30.7. The first-order valence-electron chi connectivity index (χ1n) is 35.5. The number of para-hydroxylation sites is 2.